The lowest BCUT2D eigenvalue weighted by Crippen LogP contribution is -2.37. The van der Waals surface area contributed by atoms with Crippen LogP contribution in [0.5, 0.6) is 0 Å². The summed E-state index contributed by atoms with van der Waals surface area (Å²) in [5, 5.41) is 0. The Bertz CT molecular complexity index is 175. The second-order valence-electron chi connectivity index (χ2n) is 2.28. The first-order chi connectivity index (χ1) is 4.61. The maximum absolute atomic E-state index is 10.7. The van der Waals surface area contributed by atoms with Crippen molar-refractivity contribution in [2.75, 3.05) is 0 Å². The van der Waals surface area contributed by atoms with E-state index in [1.54, 1.807) is 13.8 Å². The molecule has 0 aromatic rings. The molecule has 4 heteroatoms. The molecule has 0 N–H and O–H groups in total. The maximum Gasteiger partial charge on any atom is 0.516 e. The summed E-state index contributed by atoms with van der Waals surface area (Å²) < 4.78 is 8.76. The highest BCUT2D eigenvalue weighted by molar-refractivity contribution is 5.85. The number of hydrogen-bond acceptors (Lipinski definition) is 4. The van der Waals surface area contributed by atoms with Crippen LogP contribution in [0.25, 0.3) is 0 Å². The second kappa shape index (κ2) is 2.28. The lowest BCUT2D eigenvalue weighted by atomic mass is 10.1. The van der Waals surface area contributed by atoms with Gasteiger partial charge in [0.2, 0.25) is 0 Å². The zero-order valence-electron chi connectivity index (χ0n) is 5.79. The van der Waals surface area contributed by atoms with Crippen LogP contribution in [0.3, 0.4) is 0 Å². The van der Waals surface area contributed by atoms with Crippen molar-refractivity contribution in [3.63, 3.8) is 0 Å². The average Bonchev–Trinajstić information content (AvgIpc) is 1.82. The number of rotatable bonds is 0. The Morgan fingerprint density at radius 3 is 2.40 bits per heavy atom. The molecule has 1 fully saturated rings. The van der Waals surface area contributed by atoms with E-state index < -0.39 is 12.1 Å². The van der Waals surface area contributed by atoms with Crippen LogP contribution >= 0.6 is 0 Å². The van der Waals surface area contributed by atoms with Crippen molar-refractivity contribution in [3.05, 3.63) is 0 Å². The topological polar surface area (TPSA) is 52.6 Å². The summed E-state index contributed by atoms with van der Waals surface area (Å²) in [6.45, 7) is 3.31. The number of ether oxygens (including phenoxy) is 2. The van der Waals surface area contributed by atoms with Gasteiger partial charge in [0, 0.05) is 0 Å². The molecule has 56 valence electrons. The molecule has 0 saturated carbocycles. The van der Waals surface area contributed by atoms with Crippen molar-refractivity contribution >= 4 is 12.1 Å². The highest BCUT2D eigenvalue weighted by atomic mass is 16.8. The first kappa shape index (κ1) is 7.05. The molecule has 10 heavy (non-hydrogen) atoms. The summed E-state index contributed by atoms with van der Waals surface area (Å²) in [5.74, 6) is -0.860. The minimum Gasteiger partial charge on any atom is -0.430 e. The Morgan fingerprint density at radius 1 is 1.30 bits per heavy atom. The largest absolute Gasteiger partial charge is 0.516 e. The molecular formula is C6H8O4. The van der Waals surface area contributed by atoms with Crippen molar-refractivity contribution in [2.24, 2.45) is 5.92 Å². The third-order valence-electron chi connectivity index (χ3n) is 1.54. The summed E-state index contributed by atoms with van der Waals surface area (Å²) >= 11 is 0. The molecule has 1 heterocycles. The van der Waals surface area contributed by atoms with Crippen LogP contribution in [0.1, 0.15) is 13.8 Å². The molecule has 2 unspecified atom stereocenters. The number of cyclic esters (lactones) is 3. The first-order valence-electron chi connectivity index (χ1n) is 3.03. The van der Waals surface area contributed by atoms with E-state index in [2.05, 4.69) is 9.47 Å². The van der Waals surface area contributed by atoms with Crippen molar-refractivity contribution in [1.82, 2.24) is 0 Å². The molecule has 0 aromatic heterocycles. The third-order valence-corrected chi connectivity index (χ3v) is 1.54. The third kappa shape index (κ3) is 1.10. The van der Waals surface area contributed by atoms with Crippen molar-refractivity contribution < 1.29 is 19.1 Å². The van der Waals surface area contributed by atoms with Crippen molar-refractivity contribution in [3.8, 4) is 0 Å². The predicted octanol–water partition coefficient (Wildman–Crippen LogP) is 0.704. The number of esters is 1. The van der Waals surface area contributed by atoms with Crippen LogP contribution in [-0.4, -0.2) is 18.2 Å². The van der Waals surface area contributed by atoms with Crippen LogP contribution < -0.4 is 0 Å². The van der Waals surface area contributed by atoms with Crippen molar-refractivity contribution in [1.29, 1.82) is 0 Å². The molecule has 0 spiro atoms. The van der Waals surface area contributed by atoms with E-state index in [9.17, 15) is 9.59 Å². The zero-order chi connectivity index (χ0) is 7.72. The summed E-state index contributed by atoms with van der Waals surface area (Å²) in [5.41, 5.74) is 0. The molecule has 1 aliphatic rings. The van der Waals surface area contributed by atoms with Gasteiger partial charge in [-0.05, 0) is 13.8 Å². The van der Waals surface area contributed by atoms with E-state index in [-0.39, 0.29) is 12.0 Å². The fourth-order valence-corrected chi connectivity index (χ4v) is 0.645. The molecule has 0 bridgehead atoms. The van der Waals surface area contributed by atoms with Gasteiger partial charge in [0.05, 0.1) is 5.92 Å². The van der Waals surface area contributed by atoms with E-state index in [4.69, 9.17) is 0 Å². The van der Waals surface area contributed by atoms with E-state index in [0.717, 1.165) is 0 Å². The maximum atomic E-state index is 10.7. The normalized spacial score (nSPS) is 33.0. The first-order valence-corrected chi connectivity index (χ1v) is 3.03. The molecule has 1 aliphatic heterocycles. The summed E-state index contributed by atoms with van der Waals surface area (Å²) in [4.78, 5) is 21.1. The van der Waals surface area contributed by atoms with Crippen molar-refractivity contribution in [2.45, 2.75) is 20.0 Å². The van der Waals surface area contributed by atoms with Gasteiger partial charge in [-0.25, -0.2) is 4.79 Å². The van der Waals surface area contributed by atoms with E-state index >= 15 is 0 Å². The summed E-state index contributed by atoms with van der Waals surface area (Å²) in [7, 11) is 0. The van der Waals surface area contributed by atoms with Gasteiger partial charge in [-0.15, -0.1) is 0 Å². The van der Waals surface area contributed by atoms with E-state index in [0.29, 0.717) is 0 Å². The quantitative estimate of drug-likeness (QED) is 0.371. The van der Waals surface area contributed by atoms with Gasteiger partial charge in [-0.3, -0.25) is 4.79 Å². The monoisotopic (exact) mass is 144 g/mol. The SMILES string of the molecule is CC1OC(=O)OC(=O)C1C. The zero-order valence-corrected chi connectivity index (χ0v) is 5.79. The van der Waals surface area contributed by atoms with Gasteiger partial charge in [0.25, 0.3) is 0 Å². The summed E-state index contributed by atoms with van der Waals surface area (Å²) in [6, 6.07) is 0. The van der Waals surface area contributed by atoms with E-state index in [1.165, 1.54) is 0 Å². The van der Waals surface area contributed by atoms with E-state index in [1.807, 2.05) is 0 Å². The lowest BCUT2D eigenvalue weighted by Gasteiger charge is -2.22. The number of carbonyl (C=O) groups is 2. The Hall–Kier alpha value is -1.06. The number of hydrogen-bond donors (Lipinski definition) is 0. The molecule has 2 atom stereocenters. The Morgan fingerprint density at radius 2 is 1.90 bits per heavy atom. The average molecular weight is 144 g/mol. The van der Waals surface area contributed by atoms with Gasteiger partial charge < -0.3 is 9.47 Å². The minimum atomic E-state index is -0.893. The fourth-order valence-electron chi connectivity index (χ4n) is 0.645. The van der Waals surface area contributed by atoms with Gasteiger partial charge in [0.1, 0.15) is 6.10 Å². The predicted molar refractivity (Wildman–Crippen MR) is 31.2 cm³/mol. The molecule has 0 aliphatic carbocycles. The lowest BCUT2D eigenvalue weighted by molar-refractivity contribution is -0.156. The fraction of sp³-hybridized carbons (Fsp3) is 0.667. The highest BCUT2D eigenvalue weighted by Gasteiger charge is 2.32. The minimum absolute atomic E-state index is 0.349. The molecule has 0 aromatic carbocycles. The Balaban J connectivity index is 2.66. The standard InChI is InChI=1S/C6H8O4/c1-3-4(2)9-6(8)10-5(3)7/h3-4H,1-2H3. The molecule has 0 radical (unpaired) electrons. The highest BCUT2D eigenvalue weighted by Crippen LogP contribution is 2.15. The van der Waals surface area contributed by atoms with Gasteiger partial charge >= 0.3 is 12.1 Å². The van der Waals surface area contributed by atoms with Crippen LogP contribution in [0, 0.1) is 5.92 Å². The van der Waals surface area contributed by atoms with Gasteiger partial charge in [-0.1, -0.05) is 0 Å². The molecule has 4 nitrogen and oxygen atoms in total. The Kier molecular flexibility index (Phi) is 1.61. The van der Waals surface area contributed by atoms with Gasteiger partial charge in [0.15, 0.2) is 0 Å². The molecule has 1 rings (SSSR count). The summed E-state index contributed by atoms with van der Waals surface area (Å²) in [6.07, 6.45) is -1.26. The smallest absolute Gasteiger partial charge is 0.430 e. The van der Waals surface area contributed by atoms with Gasteiger partial charge in [-0.2, -0.15) is 0 Å². The second-order valence-corrected chi connectivity index (χ2v) is 2.28. The Labute approximate surface area is 58.1 Å². The molecule has 1 saturated heterocycles. The number of carbonyl (C=O) groups excluding carboxylic acids is 2. The molecule has 0 amide bonds. The van der Waals surface area contributed by atoms with Crippen LogP contribution in [0.2, 0.25) is 0 Å². The van der Waals surface area contributed by atoms with Crippen LogP contribution in [0.4, 0.5) is 4.79 Å². The van der Waals surface area contributed by atoms with Crippen LogP contribution in [-0.2, 0) is 14.3 Å². The van der Waals surface area contributed by atoms with Crippen LogP contribution in [0.15, 0.2) is 0 Å². The molecular weight excluding hydrogens is 136 g/mol.